The van der Waals surface area contributed by atoms with Crippen molar-refractivity contribution in [2.24, 2.45) is 5.92 Å². The predicted octanol–water partition coefficient (Wildman–Crippen LogP) is 4.98. The van der Waals surface area contributed by atoms with Crippen molar-refractivity contribution >= 4 is 17.3 Å². The quantitative estimate of drug-likeness (QED) is 0.663. The molecule has 0 aromatic carbocycles. The highest BCUT2D eigenvalue weighted by molar-refractivity contribution is 6.31. The smallest absolute Gasteiger partial charge is 0.160 e. The van der Waals surface area contributed by atoms with Gasteiger partial charge in [0.05, 0.1) is 22.6 Å². The Kier molecular flexibility index (Phi) is 4.88. The van der Waals surface area contributed by atoms with Crippen LogP contribution in [-0.2, 0) is 6.54 Å². The molecule has 1 heterocycles. The van der Waals surface area contributed by atoms with E-state index < -0.39 is 5.83 Å². The molecule has 0 bridgehead atoms. The lowest BCUT2D eigenvalue weighted by Crippen LogP contribution is -2.23. The summed E-state index contributed by atoms with van der Waals surface area (Å²) in [7, 11) is 0. The zero-order valence-electron chi connectivity index (χ0n) is 12.6. The summed E-state index contributed by atoms with van der Waals surface area (Å²) >= 11 is 5.76. The SMILES string of the molecule is C=C(Cl)/C(F)=C(\CC)N(C(=C)C1CC1)c1cnn(CC)c1. The average molecular weight is 310 g/mol. The molecule has 0 N–H and O–H groups in total. The van der Waals surface area contributed by atoms with Gasteiger partial charge in [-0.15, -0.1) is 0 Å². The van der Waals surface area contributed by atoms with Crippen molar-refractivity contribution in [3.05, 3.63) is 47.8 Å². The standard InChI is InChI=1S/C16H21ClFN3/c1-5-15(16(18)11(3)17)21(12(4)13-7-8-13)14-9-19-20(6-2)10-14/h9-10,13H,3-8H2,1-2H3/b16-15-. The Balaban J connectivity index is 2.46. The third-order valence-electron chi connectivity index (χ3n) is 3.63. The first-order valence-electron chi connectivity index (χ1n) is 7.24. The molecular formula is C16H21ClFN3. The summed E-state index contributed by atoms with van der Waals surface area (Å²) < 4.78 is 16.2. The van der Waals surface area contributed by atoms with E-state index in [1.54, 1.807) is 6.20 Å². The van der Waals surface area contributed by atoms with Crippen LogP contribution in [0.25, 0.3) is 0 Å². The van der Waals surface area contributed by atoms with Crippen molar-refractivity contribution in [2.45, 2.75) is 39.7 Å². The molecule has 0 atom stereocenters. The maximum Gasteiger partial charge on any atom is 0.160 e. The zero-order chi connectivity index (χ0) is 15.6. The van der Waals surface area contributed by atoms with Gasteiger partial charge in [0.2, 0.25) is 0 Å². The fourth-order valence-corrected chi connectivity index (χ4v) is 2.41. The monoisotopic (exact) mass is 309 g/mol. The van der Waals surface area contributed by atoms with E-state index in [1.165, 1.54) is 0 Å². The van der Waals surface area contributed by atoms with Crippen LogP contribution < -0.4 is 4.90 Å². The molecule has 0 saturated heterocycles. The lowest BCUT2D eigenvalue weighted by molar-refractivity contribution is 0.634. The number of hydrogen-bond acceptors (Lipinski definition) is 2. The number of hydrogen-bond donors (Lipinski definition) is 0. The summed E-state index contributed by atoms with van der Waals surface area (Å²) in [5.41, 5.74) is 2.21. The van der Waals surface area contributed by atoms with E-state index in [0.717, 1.165) is 30.8 Å². The molecule has 0 unspecified atom stereocenters. The Labute approximate surface area is 130 Å². The Morgan fingerprint density at radius 2 is 2.14 bits per heavy atom. The molecular weight excluding hydrogens is 289 g/mol. The third-order valence-corrected chi connectivity index (χ3v) is 3.80. The maximum atomic E-state index is 14.4. The molecule has 21 heavy (non-hydrogen) atoms. The second-order valence-corrected chi connectivity index (χ2v) is 5.63. The van der Waals surface area contributed by atoms with Crippen molar-refractivity contribution in [3.8, 4) is 0 Å². The summed E-state index contributed by atoms with van der Waals surface area (Å²) in [5, 5.41) is 4.19. The van der Waals surface area contributed by atoms with E-state index in [0.29, 0.717) is 18.0 Å². The van der Waals surface area contributed by atoms with Gasteiger partial charge in [0.15, 0.2) is 5.83 Å². The lowest BCUT2D eigenvalue weighted by atomic mass is 10.2. The summed E-state index contributed by atoms with van der Waals surface area (Å²) in [5.74, 6) is -0.0712. The van der Waals surface area contributed by atoms with Crippen molar-refractivity contribution in [3.63, 3.8) is 0 Å². The Hall–Kier alpha value is -1.55. The molecule has 3 nitrogen and oxygen atoms in total. The number of allylic oxidation sites excluding steroid dienone is 4. The molecule has 1 saturated carbocycles. The molecule has 1 aliphatic rings. The Bertz CT molecular complexity index is 584. The molecule has 0 amide bonds. The van der Waals surface area contributed by atoms with Gasteiger partial charge in [-0.1, -0.05) is 31.7 Å². The van der Waals surface area contributed by atoms with Gasteiger partial charge in [-0.05, 0) is 32.1 Å². The van der Waals surface area contributed by atoms with Crippen LogP contribution in [0.5, 0.6) is 0 Å². The topological polar surface area (TPSA) is 21.1 Å². The van der Waals surface area contributed by atoms with Gasteiger partial charge >= 0.3 is 0 Å². The first-order valence-corrected chi connectivity index (χ1v) is 7.62. The molecule has 0 spiro atoms. The molecule has 114 valence electrons. The summed E-state index contributed by atoms with van der Waals surface area (Å²) in [6, 6.07) is 0. The number of nitrogens with zero attached hydrogens (tertiary/aromatic N) is 3. The number of aryl methyl sites for hydroxylation is 1. The van der Waals surface area contributed by atoms with Crippen molar-refractivity contribution in [1.29, 1.82) is 0 Å². The zero-order valence-corrected chi connectivity index (χ0v) is 13.3. The number of halogens is 2. The van der Waals surface area contributed by atoms with Gasteiger partial charge in [-0.25, -0.2) is 4.39 Å². The first kappa shape index (κ1) is 15.8. The average Bonchev–Trinajstić information content (AvgIpc) is 3.22. The number of aromatic nitrogens is 2. The van der Waals surface area contributed by atoms with Crippen LogP contribution in [-0.4, -0.2) is 9.78 Å². The van der Waals surface area contributed by atoms with E-state index in [4.69, 9.17) is 11.6 Å². The van der Waals surface area contributed by atoms with Crippen LogP contribution in [0.2, 0.25) is 0 Å². The van der Waals surface area contributed by atoms with Crippen LogP contribution >= 0.6 is 11.6 Å². The summed E-state index contributed by atoms with van der Waals surface area (Å²) in [6.45, 7) is 12.3. The molecule has 1 aromatic rings. The van der Waals surface area contributed by atoms with Crippen LogP contribution in [0.1, 0.15) is 33.1 Å². The van der Waals surface area contributed by atoms with E-state index >= 15 is 0 Å². The second-order valence-electron chi connectivity index (χ2n) is 5.17. The fraction of sp³-hybridized carbons (Fsp3) is 0.438. The van der Waals surface area contributed by atoms with Crippen LogP contribution in [0, 0.1) is 5.92 Å². The van der Waals surface area contributed by atoms with E-state index in [1.807, 2.05) is 29.6 Å². The van der Waals surface area contributed by atoms with Crippen molar-refractivity contribution in [2.75, 3.05) is 4.90 Å². The number of rotatable bonds is 7. The van der Waals surface area contributed by atoms with E-state index in [-0.39, 0.29) is 5.03 Å². The van der Waals surface area contributed by atoms with Gasteiger partial charge < -0.3 is 4.90 Å². The highest BCUT2D eigenvalue weighted by Crippen LogP contribution is 2.42. The summed E-state index contributed by atoms with van der Waals surface area (Å²) in [6.07, 6.45) is 6.32. The lowest BCUT2D eigenvalue weighted by Gasteiger charge is -2.28. The Morgan fingerprint density at radius 3 is 2.57 bits per heavy atom. The van der Waals surface area contributed by atoms with E-state index in [9.17, 15) is 4.39 Å². The third kappa shape index (κ3) is 3.38. The minimum absolute atomic E-state index is 0.0802. The maximum absolute atomic E-state index is 14.4. The highest BCUT2D eigenvalue weighted by atomic mass is 35.5. The van der Waals surface area contributed by atoms with E-state index in [2.05, 4.69) is 18.3 Å². The van der Waals surface area contributed by atoms with Crippen LogP contribution in [0.3, 0.4) is 0 Å². The molecule has 2 rings (SSSR count). The minimum atomic E-state index is -0.481. The fourth-order valence-electron chi connectivity index (χ4n) is 2.30. The first-order chi connectivity index (χ1) is 9.99. The van der Waals surface area contributed by atoms with Crippen molar-refractivity contribution < 1.29 is 4.39 Å². The normalized spacial score (nSPS) is 15.6. The van der Waals surface area contributed by atoms with Gasteiger partial charge in [0, 0.05) is 18.4 Å². The molecule has 5 heteroatoms. The Morgan fingerprint density at radius 1 is 1.48 bits per heavy atom. The summed E-state index contributed by atoms with van der Waals surface area (Å²) in [4.78, 5) is 1.85. The van der Waals surface area contributed by atoms with Gasteiger partial charge in [0.1, 0.15) is 0 Å². The van der Waals surface area contributed by atoms with Crippen molar-refractivity contribution in [1.82, 2.24) is 9.78 Å². The van der Waals surface area contributed by atoms with Crippen LogP contribution in [0.15, 0.2) is 47.8 Å². The minimum Gasteiger partial charge on any atom is -0.312 e. The molecule has 1 fully saturated rings. The number of anilines is 1. The molecule has 0 aliphatic heterocycles. The van der Waals surface area contributed by atoms with Crippen LogP contribution in [0.4, 0.5) is 10.1 Å². The van der Waals surface area contributed by atoms with Gasteiger partial charge in [0.25, 0.3) is 0 Å². The largest absolute Gasteiger partial charge is 0.312 e. The van der Waals surface area contributed by atoms with Gasteiger partial charge in [-0.3, -0.25) is 4.68 Å². The highest BCUT2D eigenvalue weighted by Gasteiger charge is 2.32. The second kappa shape index (κ2) is 6.48. The predicted molar refractivity (Wildman–Crippen MR) is 85.7 cm³/mol. The van der Waals surface area contributed by atoms with Gasteiger partial charge in [-0.2, -0.15) is 5.10 Å². The molecule has 1 aliphatic carbocycles. The molecule has 0 radical (unpaired) electrons. The molecule has 1 aromatic heterocycles.